The summed E-state index contributed by atoms with van der Waals surface area (Å²) in [7, 11) is 0. The van der Waals surface area contributed by atoms with Crippen LogP contribution in [0.2, 0.25) is 5.02 Å². The normalized spacial score (nSPS) is 12.7. The van der Waals surface area contributed by atoms with Crippen molar-refractivity contribution in [2.24, 2.45) is 0 Å². The number of benzene rings is 1. The molecule has 0 saturated heterocycles. The second-order valence-corrected chi connectivity index (χ2v) is 4.22. The summed E-state index contributed by atoms with van der Waals surface area (Å²) in [5.74, 6) is 0. The molecule has 0 saturated carbocycles. The molecule has 3 heteroatoms. The lowest BCUT2D eigenvalue weighted by atomic mass is 10.1. The van der Waals surface area contributed by atoms with E-state index in [4.69, 9.17) is 16.3 Å². The summed E-state index contributed by atoms with van der Waals surface area (Å²) in [5, 5.41) is 4.21. The van der Waals surface area contributed by atoms with Crippen LogP contribution in [0.3, 0.4) is 0 Å². The van der Waals surface area contributed by atoms with E-state index in [1.165, 1.54) is 0 Å². The molecule has 0 aliphatic heterocycles. The van der Waals surface area contributed by atoms with Crippen molar-refractivity contribution in [1.82, 2.24) is 5.32 Å². The fraction of sp³-hybridized carbons (Fsp3) is 0.538. The zero-order valence-electron chi connectivity index (χ0n) is 10.0. The first kappa shape index (κ1) is 13.5. The summed E-state index contributed by atoms with van der Waals surface area (Å²) in [4.78, 5) is 0. The highest BCUT2D eigenvalue weighted by Gasteiger charge is 2.07. The predicted octanol–water partition coefficient (Wildman–Crippen LogP) is 3.42. The Labute approximate surface area is 103 Å². The Morgan fingerprint density at radius 1 is 1.31 bits per heavy atom. The van der Waals surface area contributed by atoms with Crippen LogP contribution < -0.4 is 5.32 Å². The van der Waals surface area contributed by atoms with E-state index < -0.39 is 0 Å². The van der Waals surface area contributed by atoms with Gasteiger partial charge in [0.05, 0.1) is 6.61 Å². The summed E-state index contributed by atoms with van der Waals surface area (Å²) in [5.41, 5.74) is 1.14. The fourth-order valence-corrected chi connectivity index (χ4v) is 1.83. The minimum atomic E-state index is 0.263. The molecule has 1 aromatic carbocycles. The molecule has 0 fully saturated rings. The van der Waals surface area contributed by atoms with Crippen LogP contribution in [-0.4, -0.2) is 19.8 Å². The highest BCUT2D eigenvalue weighted by Crippen LogP contribution is 2.21. The van der Waals surface area contributed by atoms with Crippen LogP contribution in [0.4, 0.5) is 0 Å². The van der Waals surface area contributed by atoms with E-state index in [2.05, 4.69) is 19.2 Å². The van der Waals surface area contributed by atoms with E-state index >= 15 is 0 Å². The molecule has 1 atom stereocenters. The van der Waals surface area contributed by atoms with Gasteiger partial charge in [-0.3, -0.25) is 0 Å². The molecule has 0 unspecified atom stereocenters. The van der Waals surface area contributed by atoms with Gasteiger partial charge >= 0.3 is 0 Å². The molecule has 0 heterocycles. The molecule has 1 rings (SSSR count). The molecule has 0 aromatic heterocycles. The molecular weight excluding hydrogens is 222 g/mol. The Bertz CT molecular complexity index is 304. The molecule has 0 aliphatic carbocycles. The zero-order chi connectivity index (χ0) is 11.8. The first-order valence-electron chi connectivity index (χ1n) is 5.81. The van der Waals surface area contributed by atoms with Gasteiger partial charge in [-0.05, 0) is 25.0 Å². The van der Waals surface area contributed by atoms with E-state index in [0.29, 0.717) is 0 Å². The van der Waals surface area contributed by atoms with Crippen molar-refractivity contribution in [1.29, 1.82) is 0 Å². The summed E-state index contributed by atoms with van der Waals surface area (Å²) < 4.78 is 5.40. The molecule has 1 N–H and O–H groups in total. The SMILES string of the molecule is CCCOCCN[C@H](C)c1ccccc1Cl. The first-order valence-corrected chi connectivity index (χ1v) is 6.19. The number of hydrogen-bond acceptors (Lipinski definition) is 2. The summed E-state index contributed by atoms with van der Waals surface area (Å²) in [6.07, 6.45) is 1.07. The second kappa shape index (κ2) is 7.66. The van der Waals surface area contributed by atoms with Gasteiger partial charge in [-0.25, -0.2) is 0 Å². The van der Waals surface area contributed by atoms with Gasteiger partial charge in [0.2, 0.25) is 0 Å². The van der Waals surface area contributed by atoms with E-state index in [-0.39, 0.29) is 6.04 Å². The molecule has 0 amide bonds. The number of halogens is 1. The molecule has 0 bridgehead atoms. The van der Waals surface area contributed by atoms with E-state index in [0.717, 1.165) is 36.8 Å². The molecule has 1 aromatic rings. The maximum Gasteiger partial charge on any atom is 0.0591 e. The van der Waals surface area contributed by atoms with Crippen molar-refractivity contribution in [2.45, 2.75) is 26.3 Å². The lowest BCUT2D eigenvalue weighted by Crippen LogP contribution is -2.23. The Kier molecular flexibility index (Phi) is 6.46. The van der Waals surface area contributed by atoms with Gasteiger partial charge in [0, 0.05) is 24.2 Å². The van der Waals surface area contributed by atoms with Gasteiger partial charge in [-0.1, -0.05) is 36.7 Å². The zero-order valence-corrected chi connectivity index (χ0v) is 10.8. The van der Waals surface area contributed by atoms with Crippen LogP contribution >= 0.6 is 11.6 Å². The average molecular weight is 242 g/mol. The van der Waals surface area contributed by atoms with Crippen molar-refractivity contribution in [3.8, 4) is 0 Å². The van der Waals surface area contributed by atoms with Gasteiger partial charge < -0.3 is 10.1 Å². The maximum atomic E-state index is 6.11. The quantitative estimate of drug-likeness (QED) is 0.739. The lowest BCUT2D eigenvalue weighted by Gasteiger charge is -2.15. The van der Waals surface area contributed by atoms with Crippen LogP contribution in [0.25, 0.3) is 0 Å². The van der Waals surface area contributed by atoms with Crippen molar-refractivity contribution >= 4 is 11.6 Å². The summed E-state index contributed by atoms with van der Waals surface area (Å²) in [6.45, 7) is 6.66. The van der Waals surface area contributed by atoms with Gasteiger partial charge in [-0.2, -0.15) is 0 Å². The minimum Gasteiger partial charge on any atom is -0.380 e. The van der Waals surface area contributed by atoms with Crippen molar-refractivity contribution < 1.29 is 4.74 Å². The standard InChI is InChI=1S/C13H20ClNO/c1-3-9-16-10-8-15-11(2)12-6-4-5-7-13(12)14/h4-7,11,15H,3,8-10H2,1-2H3/t11-/m1/s1. The van der Waals surface area contributed by atoms with Gasteiger partial charge in [0.1, 0.15) is 0 Å². The molecule has 0 radical (unpaired) electrons. The molecule has 2 nitrogen and oxygen atoms in total. The first-order chi connectivity index (χ1) is 7.75. The average Bonchev–Trinajstić information content (AvgIpc) is 2.29. The smallest absolute Gasteiger partial charge is 0.0591 e. The minimum absolute atomic E-state index is 0.263. The molecule has 0 aliphatic rings. The Balaban J connectivity index is 2.30. The van der Waals surface area contributed by atoms with Crippen molar-refractivity contribution in [3.63, 3.8) is 0 Å². The van der Waals surface area contributed by atoms with Gasteiger partial charge in [-0.15, -0.1) is 0 Å². The highest BCUT2D eigenvalue weighted by molar-refractivity contribution is 6.31. The Hall–Kier alpha value is -0.570. The fourth-order valence-electron chi connectivity index (χ4n) is 1.53. The largest absolute Gasteiger partial charge is 0.380 e. The maximum absolute atomic E-state index is 6.11. The van der Waals surface area contributed by atoms with E-state index in [1.54, 1.807) is 0 Å². The van der Waals surface area contributed by atoms with Crippen molar-refractivity contribution in [3.05, 3.63) is 34.9 Å². The monoisotopic (exact) mass is 241 g/mol. The summed E-state index contributed by atoms with van der Waals surface area (Å²) in [6, 6.07) is 8.18. The van der Waals surface area contributed by atoms with Crippen LogP contribution in [0.15, 0.2) is 24.3 Å². The van der Waals surface area contributed by atoms with E-state index in [9.17, 15) is 0 Å². The Morgan fingerprint density at radius 3 is 2.75 bits per heavy atom. The topological polar surface area (TPSA) is 21.3 Å². The van der Waals surface area contributed by atoms with Gasteiger partial charge in [0.25, 0.3) is 0 Å². The van der Waals surface area contributed by atoms with Crippen molar-refractivity contribution in [2.75, 3.05) is 19.8 Å². The van der Waals surface area contributed by atoms with E-state index in [1.807, 2.05) is 24.3 Å². The van der Waals surface area contributed by atoms with Crippen LogP contribution in [-0.2, 0) is 4.74 Å². The third-order valence-electron chi connectivity index (χ3n) is 2.42. The third kappa shape index (κ3) is 4.52. The number of rotatable bonds is 7. The molecule has 16 heavy (non-hydrogen) atoms. The third-order valence-corrected chi connectivity index (χ3v) is 2.76. The van der Waals surface area contributed by atoms with Crippen LogP contribution in [0, 0.1) is 0 Å². The Morgan fingerprint density at radius 2 is 2.06 bits per heavy atom. The van der Waals surface area contributed by atoms with Gasteiger partial charge in [0.15, 0.2) is 0 Å². The highest BCUT2D eigenvalue weighted by atomic mass is 35.5. The number of nitrogens with one attached hydrogen (secondary N) is 1. The second-order valence-electron chi connectivity index (χ2n) is 3.81. The molecule has 90 valence electrons. The van der Waals surface area contributed by atoms with Crippen LogP contribution in [0.5, 0.6) is 0 Å². The number of ether oxygens (including phenoxy) is 1. The lowest BCUT2D eigenvalue weighted by molar-refractivity contribution is 0.135. The summed E-state index contributed by atoms with van der Waals surface area (Å²) >= 11 is 6.11. The molecular formula is C13H20ClNO. The van der Waals surface area contributed by atoms with Crippen LogP contribution in [0.1, 0.15) is 31.9 Å². The molecule has 0 spiro atoms. The predicted molar refractivity (Wildman–Crippen MR) is 69.0 cm³/mol. The number of hydrogen-bond donors (Lipinski definition) is 1.